The van der Waals surface area contributed by atoms with Crippen LogP contribution in [0.25, 0.3) is 0 Å². The van der Waals surface area contributed by atoms with Crippen LogP contribution in [0.1, 0.15) is 12.8 Å². The fourth-order valence-electron chi connectivity index (χ4n) is 1.26. The van der Waals surface area contributed by atoms with Crippen molar-refractivity contribution >= 4 is 56.6 Å². The predicted octanol–water partition coefficient (Wildman–Crippen LogP) is 5.31. The lowest BCUT2D eigenvalue weighted by molar-refractivity contribution is 0.843. The highest BCUT2D eigenvalue weighted by Gasteiger charge is 2.07. The van der Waals surface area contributed by atoms with E-state index in [0.717, 1.165) is 23.1 Å². The van der Waals surface area contributed by atoms with Crippen molar-refractivity contribution in [3.63, 3.8) is 0 Å². The largest absolute Gasteiger partial charge is 0.384 e. The van der Waals surface area contributed by atoms with Gasteiger partial charge >= 0.3 is 0 Å². The SMILES string of the molecule is CSCCCCNc1ccc(Br)c(Cl)c1Cl. The number of anilines is 1. The number of halogens is 3. The van der Waals surface area contributed by atoms with Gasteiger partial charge in [0.2, 0.25) is 0 Å². The summed E-state index contributed by atoms with van der Waals surface area (Å²) in [4.78, 5) is 0. The maximum absolute atomic E-state index is 6.11. The highest BCUT2D eigenvalue weighted by Crippen LogP contribution is 2.35. The molecule has 0 atom stereocenters. The van der Waals surface area contributed by atoms with E-state index in [1.54, 1.807) is 0 Å². The summed E-state index contributed by atoms with van der Waals surface area (Å²) >= 11 is 17.3. The summed E-state index contributed by atoms with van der Waals surface area (Å²) in [7, 11) is 0. The van der Waals surface area contributed by atoms with Gasteiger partial charge in [0.1, 0.15) is 0 Å². The minimum atomic E-state index is 0.566. The standard InChI is InChI=1S/C11H14BrCl2NS/c1-16-7-3-2-6-15-9-5-4-8(12)10(13)11(9)14/h4-5,15H,2-3,6-7H2,1H3. The molecule has 1 rings (SSSR count). The van der Waals surface area contributed by atoms with Gasteiger partial charge in [-0.25, -0.2) is 0 Å². The highest BCUT2D eigenvalue weighted by atomic mass is 79.9. The van der Waals surface area contributed by atoms with E-state index >= 15 is 0 Å². The molecule has 0 spiro atoms. The molecule has 0 amide bonds. The van der Waals surface area contributed by atoms with Crippen LogP contribution in [0.2, 0.25) is 10.0 Å². The van der Waals surface area contributed by atoms with Crippen molar-refractivity contribution in [2.75, 3.05) is 23.9 Å². The Labute approximate surface area is 119 Å². The van der Waals surface area contributed by atoms with Crippen LogP contribution in [0, 0.1) is 0 Å². The van der Waals surface area contributed by atoms with E-state index in [-0.39, 0.29) is 0 Å². The van der Waals surface area contributed by atoms with Gasteiger partial charge in [-0.2, -0.15) is 11.8 Å². The van der Waals surface area contributed by atoms with E-state index in [4.69, 9.17) is 23.2 Å². The first-order chi connectivity index (χ1) is 7.66. The van der Waals surface area contributed by atoms with Crippen LogP contribution in [0.5, 0.6) is 0 Å². The second-order valence-electron chi connectivity index (χ2n) is 3.35. The monoisotopic (exact) mass is 341 g/mol. The Morgan fingerprint density at radius 1 is 1.25 bits per heavy atom. The summed E-state index contributed by atoms with van der Waals surface area (Å²) in [5.74, 6) is 1.20. The van der Waals surface area contributed by atoms with Gasteiger partial charge in [-0.1, -0.05) is 23.2 Å². The number of nitrogens with one attached hydrogen (secondary N) is 1. The van der Waals surface area contributed by atoms with Crippen molar-refractivity contribution in [1.82, 2.24) is 0 Å². The zero-order valence-corrected chi connectivity index (χ0v) is 12.9. The van der Waals surface area contributed by atoms with Crippen molar-refractivity contribution in [1.29, 1.82) is 0 Å². The van der Waals surface area contributed by atoms with Crippen LogP contribution in [0.4, 0.5) is 5.69 Å². The molecule has 1 N–H and O–H groups in total. The lowest BCUT2D eigenvalue weighted by Crippen LogP contribution is -2.02. The van der Waals surface area contributed by atoms with Crippen LogP contribution >= 0.6 is 50.9 Å². The molecule has 0 aliphatic rings. The molecule has 0 aliphatic carbocycles. The fraction of sp³-hybridized carbons (Fsp3) is 0.455. The Hall–Kier alpha value is 0.430. The molecule has 0 saturated heterocycles. The van der Waals surface area contributed by atoms with Crippen molar-refractivity contribution < 1.29 is 0 Å². The Morgan fingerprint density at radius 2 is 2.00 bits per heavy atom. The van der Waals surface area contributed by atoms with Gasteiger partial charge in [0, 0.05) is 11.0 Å². The van der Waals surface area contributed by atoms with Crippen molar-refractivity contribution in [3.05, 3.63) is 26.7 Å². The van der Waals surface area contributed by atoms with Crippen LogP contribution in [-0.2, 0) is 0 Å². The van der Waals surface area contributed by atoms with Crippen molar-refractivity contribution in [2.45, 2.75) is 12.8 Å². The molecule has 0 aliphatic heterocycles. The number of hydrogen-bond donors (Lipinski definition) is 1. The van der Waals surface area contributed by atoms with Crippen LogP contribution in [-0.4, -0.2) is 18.6 Å². The molecule has 5 heteroatoms. The number of benzene rings is 1. The Morgan fingerprint density at radius 3 is 2.69 bits per heavy atom. The summed E-state index contributed by atoms with van der Waals surface area (Å²) in [6.45, 7) is 0.929. The Kier molecular flexibility index (Phi) is 6.97. The molecular weight excluding hydrogens is 329 g/mol. The molecule has 1 nitrogen and oxygen atoms in total. The third-order valence-corrected chi connectivity index (χ3v) is 4.59. The lowest BCUT2D eigenvalue weighted by Gasteiger charge is -2.10. The van der Waals surface area contributed by atoms with Gasteiger partial charge < -0.3 is 5.32 Å². The van der Waals surface area contributed by atoms with Gasteiger partial charge in [0.25, 0.3) is 0 Å². The molecule has 0 heterocycles. The number of hydrogen-bond acceptors (Lipinski definition) is 2. The molecule has 1 aromatic carbocycles. The summed E-state index contributed by atoms with van der Waals surface area (Å²) in [5, 5.41) is 4.44. The molecular formula is C11H14BrCl2NS. The van der Waals surface area contributed by atoms with E-state index in [9.17, 15) is 0 Å². The summed E-state index contributed by atoms with van der Waals surface area (Å²) in [6, 6.07) is 3.84. The van der Waals surface area contributed by atoms with E-state index in [2.05, 4.69) is 27.5 Å². The number of thioether (sulfide) groups is 1. The van der Waals surface area contributed by atoms with Gasteiger partial charge in [-0.15, -0.1) is 0 Å². The third-order valence-electron chi connectivity index (χ3n) is 2.13. The topological polar surface area (TPSA) is 12.0 Å². The van der Waals surface area contributed by atoms with E-state index < -0.39 is 0 Å². The minimum absolute atomic E-state index is 0.566. The first-order valence-electron chi connectivity index (χ1n) is 5.03. The fourth-order valence-corrected chi connectivity index (χ4v) is 2.59. The first kappa shape index (κ1) is 14.5. The van der Waals surface area contributed by atoms with Crippen LogP contribution in [0.3, 0.4) is 0 Å². The van der Waals surface area contributed by atoms with Gasteiger partial charge in [-0.3, -0.25) is 0 Å². The lowest BCUT2D eigenvalue weighted by atomic mass is 10.3. The number of unbranched alkanes of at least 4 members (excludes halogenated alkanes) is 1. The second kappa shape index (κ2) is 7.70. The van der Waals surface area contributed by atoms with E-state index in [0.29, 0.717) is 10.0 Å². The zero-order chi connectivity index (χ0) is 12.0. The Balaban J connectivity index is 2.45. The zero-order valence-electron chi connectivity index (χ0n) is 9.03. The maximum atomic E-state index is 6.11. The van der Waals surface area contributed by atoms with Gasteiger partial charge in [0.15, 0.2) is 0 Å². The van der Waals surface area contributed by atoms with Gasteiger partial charge in [0.05, 0.1) is 15.7 Å². The maximum Gasteiger partial charge on any atom is 0.0835 e. The van der Waals surface area contributed by atoms with Crippen molar-refractivity contribution in [2.24, 2.45) is 0 Å². The summed E-state index contributed by atoms with van der Waals surface area (Å²) in [5.41, 5.74) is 0.902. The Bertz CT molecular complexity index is 347. The smallest absolute Gasteiger partial charge is 0.0835 e. The predicted molar refractivity (Wildman–Crippen MR) is 80.3 cm³/mol. The molecule has 90 valence electrons. The van der Waals surface area contributed by atoms with Crippen LogP contribution in [0.15, 0.2) is 16.6 Å². The summed E-state index contributed by atoms with van der Waals surface area (Å²) in [6.07, 6.45) is 4.49. The van der Waals surface area contributed by atoms with Crippen LogP contribution < -0.4 is 5.32 Å². The molecule has 0 saturated carbocycles. The average molecular weight is 343 g/mol. The first-order valence-corrected chi connectivity index (χ1v) is 7.97. The molecule has 0 aromatic heterocycles. The highest BCUT2D eigenvalue weighted by molar-refractivity contribution is 9.10. The molecule has 0 bridgehead atoms. The molecule has 16 heavy (non-hydrogen) atoms. The quantitative estimate of drug-likeness (QED) is 0.555. The number of rotatable bonds is 6. The average Bonchev–Trinajstić information content (AvgIpc) is 2.28. The van der Waals surface area contributed by atoms with E-state index in [1.165, 1.54) is 12.2 Å². The third kappa shape index (κ3) is 4.36. The van der Waals surface area contributed by atoms with E-state index in [1.807, 2.05) is 23.9 Å². The van der Waals surface area contributed by atoms with Crippen molar-refractivity contribution in [3.8, 4) is 0 Å². The molecule has 0 unspecified atom stereocenters. The molecule has 0 fully saturated rings. The van der Waals surface area contributed by atoms with Gasteiger partial charge in [-0.05, 0) is 52.9 Å². The molecule has 0 radical (unpaired) electrons. The molecule has 1 aromatic rings. The summed E-state index contributed by atoms with van der Waals surface area (Å²) < 4.78 is 0.826. The minimum Gasteiger partial charge on any atom is -0.384 e. The second-order valence-corrected chi connectivity index (χ2v) is 5.95. The normalized spacial score (nSPS) is 10.5.